The van der Waals surface area contributed by atoms with Gasteiger partial charge in [0, 0.05) is 24.2 Å². The minimum Gasteiger partial charge on any atom is -0.495 e. The number of nitrogens with zero attached hydrogens (tertiary/aromatic N) is 1. The maximum atomic E-state index is 12.6. The predicted octanol–water partition coefficient (Wildman–Crippen LogP) is 4.09. The van der Waals surface area contributed by atoms with Crippen LogP contribution < -0.4 is 15.0 Å². The van der Waals surface area contributed by atoms with Crippen LogP contribution >= 0.6 is 0 Å². The minimum absolute atomic E-state index is 0.0282. The number of methoxy groups -OCH3 is 1. The molecule has 0 aliphatic carbocycles. The van der Waals surface area contributed by atoms with Crippen molar-refractivity contribution in [2.24, 2.45) is 0 Å². The molecule has 0 unspecified atom stereocenters. The quantitative estimate of drug-likeness (QED) is 0.872. The molecule has 142 valence electrons. The van der Waals surface area contributed by atoms with Crippen molar-refractivity contribution < 1.29 is 27.5 Å². The maximum Gasteiger partial charge on any atom is 0.416 e. The fourth-order valence-corrected chi connectivity index (χ4v) is 2.90. The number of alkyl halides is 3. The summed E-state index contributed by atoms with van der Waals surface area (Å²) in [5, 5.41) is 2.63. The van der Waals surface area contributed by atoms with E-state index in [9.17, 15) is 22.8 Å². The summed E-state index contributed by atoms with van der Waals surface area (Å²) in [6.07, 6.45) is -3.27. The summed E-state index contributed by atoms with van der Waals surface area (Å²) in [7, 11) is 1.49. The zero-order chi connectivity index (χ0) is 19.6. The van der Waals surface area contributed by atoms with Gasteiger partial charge in [0.05, 0.1) is 18.4 Å². The van der Waals surface area contributed by atoms with Crippen molar-refractivity contribution in [3.8, 4) is 5.75 Å². The summed E-state index contributed by atoms with van der Waals surface area (Å²) in [6, 6.07) is 8.80. The Bertz CT molecular complexity index is 863. The van der Waals surface area contributed by atoms with E-state index in [1.54, 1.807) is 23.1 Å². The highest BCUT2D eigenvalue weighted by Crippen LogP contribution is 2.34. The Morgan fingerprint density at radius 3 is 2.41 bits per heavy atom. The standard InChI is InChI=1S/C19H17F3N2O3/c1-27-16-9-8-14(11-15(16)24-10-2-3-17(24)25)23-18(26)12-4-6-13(7-5-12)19(20,21)22/h4-9,11H,2-3,10H2,1H3,(H,23,26). The third kappa shape index (κ3) is 4.05. The second-order valence-electron chi connectivity index (χ2n) is 6.06. The SMILES string of the molecule is COc1ccc(NC(=O)c2ccc(C(F)(F)F)cc2)cc1N1CCCC1=O. The molecule has 0 radical (unpaired) electrons. The second-order valence-corrected chi connectivity index (χ2v) is 6.06. The van der Waals surface area contributed by atoms with Gasteiger partial charge in [0.15, 0.2) is 0 Å². The van der Waals surface area contributed by atoms with Gasteiger partial charge in [-0.15, -0.1) is 0 Å². The number of ether oxygens (including phenoxy) is 1. The number of halogens is 3. The van der Waals surface area contributed by atoms with Crippen LogP contribution in [0.15, 0.2) is 42.5 Å². The molecule has 2 aromatic rings. The Morgan fingerprint density at radius 2 is 1.85 bits per heavy atom. The molecule has 5 nitrogen and oxygen atoms in total. The van der Waals surface area contributed by atoms with Gasteiger partial charge in [0.2, 0.25) is 5.91 Å². The summed E-state index contributed by atoms with van der Waals surface area (Å²) in [6.45, 7) is 0.561. The highest BCUT2D eigenvalue weighted by atomic mass is 19.4. The van der Waals surface area contributed by atoms with E-state index in [4.69, 9.17) is 4.74 Å². The lowest BCUT2D eigenvalue weighted by molar-refractivity contribution is -0.137. The monoisotopic (exact) mass is 378 g/mol. The van der Waals surface area contributed by atoms with E-state index in [2.05, 4.69) is 5.32 Å². The predicted molar refractivity (Wildman–Crippen MR) is 94.0 cm³/mol. The fraction of sp³-hybridized carbons (Fsp3) is 0.263. The van der Waals surface area contributed by atoms with Crippen molar-refractivity contribution in [1.29, 1.82) is 0 Å². The normalized spacial score (nSPS) is 14.4. The van der Waals surface area contributed by atoms with Gasteiger partial charge < -0.3 is 15.0 Å². The van der Waals surface area contributed by atoms with E-state index < -0.39 is 17.6 Å². The number of benzene rings is 2. The zero-order valence-electron chi connectivity index (χ0n) is 14.5. The molecular weight excluding hydrogens is 361 g/mol. The van der Waals surface area contributed by atoms with Gasteiger partial charge in [-0.2, -0.15) is 13.2 Å². The number of rotatable bonds is 4. The van der Waals surface area contributed by atoms with E-state index in [0.717, 1.165) is 30.7 Å². The summed E-state index contributed by atoms with van der Waals surface area (Å²) in [5.41, 5.74) is 0.233. The van der Waals surface area contributed by atoms with Crippen LogP contribution in [-0.4, -0.2) is 25.5 Å². The van der Waals surface area contributed by atoms with E-state index in [-0.39, 0.29) is 11.5 Å². The van der Waals surface area contributed by atoms with Gasteiger partial charge in [-0.25, -0.2) is 0 Å². The molecule has 0 bridgehead atoms. The van der Waals surface area contributed by atoms with E-state index in [1.165, 1.54) is 7.11 Å². The van der Waals surface area contributed by atoms with E-state index in [0.29, 0.717) is 30.1 Å². The third-order valence-electron chi connectivity index (χ3n) is 4.28. The molecule has 2 amide bonds. The Labute approximate surface area is 153 Å². The van der Waals surface area contributed by atoms with Crippen molar-refractivity contribution >= 4 is 23.2 Å². The van der Waals surface area contributed by atoms with Crippen LogP contribution in [0.5, 0.6) is 5.75 Å². The Balaban J connectivity index is 1.81. The minimum atomic E-state index is -4.46. The number of carbonyl (C=O) groups excluding carboxylic acids is 2. The molecule has 8 heteroatoms. The smallest absolute Gasteiger partial charge is 0.416 e. The lowest BCUT2D eigenvalue weighted by Gasteiger charge is -2.20. The van der Waals surface area contributed by atoms with Crippen LogP contribution in [0, 0.1) is 0 Å². The van der Waals surface area contributed by atoms with Crippen LogP contribution in [0.4, 0.5) is 24.5 Å². The summed E-state index contributed by atoms with van der Waals surface area (Å²) < 4.78 is 43.1. The maximum absolute atomic E-state index is 12.6. The van der Waals surface area contributed by atoms with Gasteiger partial charge in [-0.05, 0) is 48.9 Å². The molecule has 2 aromatic carbocycles. The number of anilines is 2. The lowest BCUT2D eigenvalue weighted by atomic mass is 10.1. The summed E-state index contributed by atoms with van der Waals surface area (Å²) >= 11 is 0. The van der Waals surface area contributed by atoms with Crippen molar-refractivity contribution in [2.75, 3.05) is 23.9 Å². The van der Waals surface area contributed by atoms with Gasteiger partial charge in [0.1, 0.15) is 5.75 Å². The van der Waals surface area contributed by atoms with Crippen LogP contribution in [-0.2, 0) is 11.0 Å². The molecule has 1 heterocycles. The first kappa shape index (κ1) is 18.8. The topological polar surface area (TPSA) is 58.6 Å². The van der Waals surface area contributed by atoms with Crippen LogP contribution in [0.2, 0.25) is 0 Å². The second kappa shape index (κ2) is 7.30. The number of hydrogen-bond acceptors (Lipinski definition) is 3. The molecule has 1 aliphatic heterocycles. The van der Waals surface area contributed by atoms with E-state index in [1.807, 2.05) is 0 Å². The number of hydrogen-bond donors (Lipinski definition) is 1. The number of nitrogens with one attached hydrogen (secondary N) is 1. The molecule has 3 rings (SSSR count). The van der Waals surface area contributed by atoms with Gasteiger partial charge in [-0.1, -0.05) is 0 Å². The summed E-state index contributed by atoms with van der Waals surface area (Å²) in [5.74, 6) is -0.0788. The van der Waals surface area contributed by atoms with E-state index >= 15 is 0 Å². The fourth-order valence-electron chi connectivity index (χ4n) is 2.90. The Hall–Kier alpha value is -3.03. The number of carbonyl (C=O) groups is 2. The highest BCUT2D eigenvalue weighted by molar-refractivity contribution is 6.05. The van der Waals surface area contributed by atoms with Crippen molar-refractivity contribution in [3.05, 3.63) is 53.6 Å². The van der Waals surface area contributed by atoms with Crippen LogP contribution in [0.3, 0.4) is 0 Å². The van der Waals surface area contributed by atoms with Crippen molar-refractivity contribution in [2.45, 2.75) is 19.0 Å². The average molecular weight is 378 g/mol. The van der Waals surface area contributed by atoms with Crippen LogP contribution in [0.25, 0.3) is 0 Å². The average Bonchev–Trinajstić information content (AvgIpc) is 3.07. The molecule has 0 aromatic heterocycles. The van der Waals surface area contributed by atoms with Gasteiger partial charge >= 0.3 is 6.18 Å². The Morgan fingerprint density at radius 1 is 1.15 bits per heavy atom. The molecule has 0 atom stereocenters. The first-order chi connectivity index (χ1) is 12.8. The Kier molecular flexibility index (Phi) is 5.07. The molecule has 1 saturated heterocycles. The molecule has 1 N–H and O–H groups in total. The molecule has 1 aliphatic rings. The van der Waals surface area contributed by atoms with Crippen LogP contribution in [0.1, 0.15) is 28.8 Å². The molecule has 27 heavy (non-hydrogen) atoms. The highest BCUT2D eigenvalue weighted by Gasteiger charge is 2.30. The first-order valence-corrected chi connectivity index (χ1v) is 8.26. The first-order valence-electron chi connectivity index (χ1n) is 8.26. The van der Waals surface area contributed by atoms with Gasteiger partial charge in [0.25, 0.3) is 5.91 Å². The lowest BCUT2D eigenvalue weighted by Crippen LogP contribution is -2.24. The zero-order valence-corrected chi connectivity index (χ0v) is 14.5. The summed E-state index contributed by atoms with van der Waals surface area (Å²) in [4.78, 5) is 25.9. The van der Waals surface area contributed by atoms with Gasteiger partial charge in [-0.3, -0.25) is 9.59 Å². The largest absolute Gasteiger partial charge is 0.495 e. The third-order valence-corrected chi connectivity index (χ3v) is 4.28. The molecule has 1 fully saturated rings. The number of amides is 2. The molecule has 0 spiro atoms. The van der Waals surface area contributed by atoms with Crippen molar-refractivity contribution in [3.63, 3.8) is 0 Å². The molecular formula is C19H17F3N2O3. The van der Waals surface area contributed by atoms with Crippen molar-refractivity contribution in [1.82, 2.24) is 0 Å². The molecule has 0 saturated carbocycles.